The lowest BCUT2D eigenvalue weighted by atomic mass is 9.98. The highest BCUT2D eigenvalue weighted by molar-refractivity contribution is 5.91. The van der Waals surface area contributed by atoms with Gasteiger partial charge in [-0.3, -0.25) is 4.79 Å². The third-order valence-corrected chi connectivity index (χ3v) is 5.11. The molecule has 1 heterocycles. The van der Waals surface area contributed by atoms with Gasteiger partial charge in [0.15, 0.2) is 0 Å². The van der Waals surface area contributed by atoms with Crippen molar-refractivity contribution in [3.8, 4) is 0 Å². The molecule has 0 aliphatic carbocycles. The molecular weight excluding hydrogens is 384 g/mol. The summed E-state index contributed by atoms with van der Waals surface area (Å²) in [5.74, 6) is -1.43. The number of nitrogens with one attached hydrogen (secondary N) is 1. The second kappa shape index (κ2) is 8.73. The van der Waals surface area contributed by atoms with Crippen LogP contribution in [0.4, 0.5) is 4.79 Å². The van der Waals surface area contributed by atoms with Crippen molar-refractivity contribution in [1.82, 2.24) is 10.2 Å². The number of carboxylic acid groups (broad SMARTS) is 1. The Kier molecular flexibility index (Phi) is 6.29. The molecule has 7 heteroatoms. The fourth-order valence-electron chi connectivity index (χ4n) is 3.83. The zero-order valence-electron chi connectivity index (χ0n) is 17.6. The number of fused-ring (bicyclic) bond motifs is 1. The summed E-state index contributed by atoms with van der Waals surface area (Å²) in [7, 11) is 0. The lowest BCUT2D eigenvalue weighted by molar-refractivity contribution is -0.149. The Morgan fingerprint density at radius 3 is 2.57 bits per heavy atom. The average Bonchev–Trinajstić information content (AvgIpc) is 3.16. The predicted octanol–water partition coefficient (Wildman–Crippen LogP) is 3.35. The number of hydrogen-bond donors (Lipinski definition) is 2. The molecule has 1 fully saturated rings. The van der Waals surface area contributed by atoms with E-state index in [0.29, 0.717) is 19.4 Å². The molecule has 2 N–H and O–H groups in total. The normalized spacial score (nSPS) is 17.6. The van der Waals surface area contributed by atoms with Crippen LogP contribution >= 0.6 is 0 Å². The summed E-state index contributed by atoms with van der Waals surface area (Å²) in [5, 5.41) is 14.2. The molecule has 2 amide bonds. The van der Waals surface area contributed by atoms with Crippen LogP contribution in [0, 0.1) is 0 Å². The van der Waals surface area contributed by atoms with Crippen molar-refractivity contribution < 1.29 is 24.2 Å². The van der Waals surface area contributed by atoms with E-state index in [-0.39, 0.29) is 6.42 Å². The highest BCUT2D eigenvalue weighted by atomic mass is 16.6. The molecule has 1 aliphatic heterocycles. The van der Waals surface area contributed by atoms with Crippen molar-refractivity contribution in [3.63, 3.8) is 0 Å². The molecule has 0 saturated carbocycles. The fraction of sp³-hybridized carbons (Fsp3) is 0.435. The van der Waals surface area contributed by atoms with Crippen LogP contribution in [0.3, 0.4) is 0 Å². The molecule has 0 spiro atoms. The van der Waals surface area contributed by atoms with Gasteiger partial charge in [0.25, 0.3) is 0 Å². The maximum atomic E-state index is 13.3. The zero-order valence-corrected chi connectivity index (χ0v) is 17.6. The molecule has 0 radical (unpaired) electrons. The minimum Gasteiger partial charge on any atom is -0.480 e. The number of rotatable bonds is 5. The van der Waals surface area contributed by atoms with E-state index in [1.165, 1.54) is 4.90 Å². The summed E-state index contributed by atoms with van der Waals surface area (Å²) in [5.41, 5.74) is 0.183. The number of carbonyl (C=O) groups is 3. The Morgan fingerprint density at radius 1 is 1.17 bits per heavy atom. The van der Waals surface area contributed by atoms with Gasteiger partial charge in [-0.2, -0.15) is 0 Å². The minimum atomic E-state index is -1.03. The molecule has 160 valence electrons. The van der Waals surface area contributed by atoms with Gasteiger partial charge in [-0.15, -0.1) is 0 Å². The molecule has 1 aliphatic rings. The molecule has 2 atom stereocenters. The Bertz CT molecular complexity index is 945. The van der Waals surface area contributed by atoms with Crippen molar-refractivity contribution in [1.29, 1.82) is 0 Å². The Labute approximate surface area is 176 Å². The third-order valence-electron chi connectivity index (χ3n) is 5.11. The maximum absolute atomic E-state index is 13.3. The summed E-state index contributed by atoms with van der Waals surface area (Å²) in [6.07, 6.45) is 0.569. The van der Waals surface area contributed by atoms with Crippen molar-refractivity contribution in [2.24, 2.45) is 0 Å². The molecule has 30 heavy (non-hydrogen) atoms. The predicted molar refractivity (Wildman–Crippen MR) is 113 cm³/mol. The molecule has 3 rings (SSSR count). The van der Waals surface area contributed by atoms with Crippen molar-refractivity contribution >= 4 is 28.7 Å². The highest BCUT2D eigenvalue weighted by Gasteiger charge is 2.38. The lowest BCUT2D eigenvalue weighted by Crippen LogP contribution is -2.53. The van der Waals surface area contributed by atoms with Crippen molar-refractivity contribution in [2.45, 2.75) is 57.7 Å². The van der Waals surface area contributed by atoms with Crippen LogP contribution in [0.5, 0.6) is 0 Å². The van der Waals surface area contributed by atoms with Crippen molar-refractivity contribution in [2.75, 3.05) is 6.54 Å². The Morgan fingerprint density at radius 2 is 1.87 bits per heavy atom. The van der Waals surface area contributed by atoms with Crippen molar-refractivity contribution in [3.05, 3.63) is 48.0 Å². The molecule has 7 nitrogen and oxygen atoms in total. The number of aliphatic carboxylic acids is 1. The molecule has 2 aromatic rings. The van der Waals surface area contributed by atoms with Gasteiger partial charge in [0.2, 0.25) is 5.91 Å². The van der Waals surface area contributed by atoms with Gasteiger partial charge < -0.3 is 20.1 Å². The summed E-state index contributed by atoms with van der Waals surface area (Å²) in [6.45, 7) is 5.59. The average molecular weight is 412 g/mol. The number of carbonyl (C=O) groups excluding carboxylic acids is 2. The van der Waals surface area contributed by atoms with E-state index < -0.39 is 35.7 Å². The molecule has 0 aromatic heterocycles. The van der Waals surface area contributed by atoms with E-state index in [9.17, 15) is 19.5 Å². The molecule has 0 bridgehead atoms. The van der Waals surface area contributed by atoms with Crippen LogP contribution in [0.2, 0.25) is 0 Å². The number of nitrogens with zero attached hydrogens (tertiary/aromatic N) is 1. The number of likely N-dealkylation sites (tertiary alicyclic amines) is 1. The topological polar surface area (TPSA) is 95.9 Å². The van der Waals surface area contributed by atoms with Crippen LogP contribution in [-0.2, 0) is 20.7 Å². The number of hydrogen-bond acceptors (Lipinski definition) is 4. The lowest BCUT2D eigenvalue weighted by Gasteiger charge is -2.28. The quantitative estimate of drug-likeness (QED) is 0.785. The van der Waals surface area contributed by atoms with Gasteiger partial charge in [0, 0.05) is 13.0 Å². The zero-order chi connectivity index (χ0) is 21.9. The highest BCUT2D eigenvalue weighted by Crippen LogP contribution is 2.23. The molecule has 1 saturated heterocycles. The monoisotopic (exact) mass is 412 g/mol. The van der Waals surface area contributed by atoms with Gasteiger partial charge in [0.05, 0.1) is 0 Å². The number of amides is 2. The van der Waals surface area contributed by atoms with Crippen LogP contribution in [0.1, 0.15) is 39.2 Å². The molecular formula is C23H28N2O5. The summed E-state index contributed by atoms with van der Waals surface area (Å²) in [6, 6.07) is 11.8. The number of alkyl carbamates (subject to hydrolysis) is 1. The van der Waals surface area contributed by atoms with Crippen LogP contribution in [-0.4, -0.2) is 52.2 Å². The van der Waals surface area contributed by atoms with Gasteiger partial charge in [0.1, 0.15) is 17.7 Å². The SMILES string of the molecule is CC(C)(C)OC(=O)NC(Cc1cccc2ccccc12)C(=O)N1CCC[C@H]1C(=O)O. The number of benzene rings is 2. The summed E-state index contributed by atoms with van der Waals surface area (Å²) >= 11 is 0. The smallest absolute Gasteiger partial charge is 0.408 e. The number of ether oxygens (including phenoxy) is 1. The summed E-state index contributed by atoms with van der Waals surface area (Å²) < 4.78 is 5.34. The largest absolute Gasteiger partial charge is 0.480 e. The second-order valence-corrected chi connectivity index (χ2v) is 8.57. The molecule has 1 unspecified atom stereocenters. The van der Waals surface area contributed by atoms with Gasteiger partial charge in [-0.05, 0) is 49.9 Å². The van der Waals surface area contributed by atoms with E-state index in [0.717, 1.165) is 16.3 Å². The minimum absolute atomic E-state index is 0.238. The maximum Gasteiger partial charge on any atom is 0.408 e. The molecule has 2 aromatic carbocycles. The first-order valence-electron chi connectivity index (χ1n) is 10.1. The fourth-order valence-corrected chi connectivity index (χ4v) is 3.83. The van der Waals surface area contributed by atoms with Gasteiger partial charge in [-0.1, -0.05) is 42.5 Å². The van der Waals surface area contributed by atoms with Gasteiger partial charge >= 0.3 is 12.1 Å². The first-order valence-corrected chi connectivity index (χ1v) is 10.1. The van der Waals surface area contributed by atoms with E-state index in [1.807, 2.05) is 42.5 Å². The van der Waals surface area contributed by atoms with E-state index in [2.05, 4.69) is 5.32 Å². The standard InChI is InChI=1S/C23H28N2O5/c1-23(2,3)30-22(29)24-18(20(26)25-13-7-12-19(25)21(27)28)14-16-10-6-9-15-8-4-5-11-17(15)16/h4-6,8-11,18-19H,7,12-14H2,1-3H3,(H,24,29)(H,27,28)/t18?,19-/m0/s1. The first-order chi connectivity index (χ1) is 14.2. The van der Waals surface area contributed by atoms with E-state index in [1.54, 1.807) is 20.8 Å². The van der Waals surface area contributed by atoms with E-state index in [4.69, 9.17) is 4.74 Å². The van der Waals surface area contributed by atoms with Crippen LogP contribution < -0.4 is 5.32 Å². The van der Waals surface area contributed by atoms with Crippen LogP contribution in [0.25, 0.3) is 10.8 Å². The number of carboxylic acids is 1. The Hall–Kier alpha value is -3.09. The van der Waals surface area contributed by atoms with Gasteiger partial charge in [-0.25, -0.2) is 9.59 Å². The van der Waals surface area contributed by atoms with E-state index >= 15 is 0 Å². The summed E-state index contributed by atoms with van der Waals surface area (Å²) in [4.78, 5) is 38.7. The Balaban J connectivity index is 1.89. The third kappa shape index (κ3) is 5.09. The van der Waals surface area contributed by atoms with Crippen LogP contribution in [0.15, 0.2) is 42.5 Å². The first kappa shape index (κ1) is 21.6. The second-order valence-electron chi connectivity index (χ2n) is 8.57.